The molecular weight excluding hydrogens is 384 g/mol. The van der Waals surface area contributed by atoms with E-state index in [0.717, 1.165) is 0 Å². The summed E-state index contributed by atoms with van der Waals surface area (Å²) < 4.78 is 32.0. The van der Waals surface area contributed by atoms with E-state index in [1.165, 1.54) is 53.7 Å². The van der Waals surface area contributed by atoms with Gasteiger partial charge in [0, 0.05) is 12.1 Å². The topological polar surface area (TPSA) is 117 Å². The Kier molecular flexibility index (Phi) is 5.31. The van der Waals surface area contributed by atoms with Crippen molar-refractivity contribution >= 4 is 11.0 Å². The number of phenols is 1. The van der Waals surface area contributed by atoms with Crippen LogP contribution in [-0.4, -0.2) is 45.8 Å². The Labute approximate surface area is 165 Å². The number of methoxy groups -OCH3 is 5. The third-order valence-corrected chi connectivity index (χ3v) is 4.41. The molecule has 0 saturated heterocycles. The van der Waals surface area contributed by atoms with Crippen molar-refractivity contribution in [3.8, 4) is 51.6 Å². The molecule has 0 radical (unpaired) electrons. The van der Waals surface area contributed by atoms with E-state index < -0.39 is 11.2 Å². The molecule has 2 N–H and O–H groups in total. The van der Waals surface area contributed by atoms with Gasteiger partial charge in [0.1, 0.15) is 16.7 Å². The average Bonchev–Trinajstić information content (AvgIpc) is 2.74. The Morgan fingerprint density at radius 1 is 0.759 bits per heavy atom. The van der Waals surface area contributed by atoms with Gasteiger partial charge in [0.15, 0.2) is 28.8 Å². The summed E-state index contributed by atoms with van der Waals surface area (Å²) in [5.41, 5.74) is -0.673. The van der Waals surface area contributed by atoms with Gasteiger partial charge >= 0.3 is 0 Å². The normalized spacial score (nSPS) is 10.7. The van der Waals surface area contributed by atoms with Gasteiger partial charge in [0.05, 0.1) is 41.1 Å². The number of benzene rings is 2. The predicted octanol–water partition coefficient (Wildman–Crippen LogP) is 2.91. The summed E-state index contributed by atoms with van der Waals surface area (Å²) in [6.07, 6.45) is 0. The van der Waals surface area contributed by atoms with E-state index in [9.17, 15) is 15.0 Å². The molecule has 9 nitrogen and oxygen atoms in total. The van der Waals surface area contributed by atoms with Crippen LogP contribution >= 0.6 is 0 Å². The van der Waals surface area contributed by atoms with Crippen molar-refractivity contribution in [1.82, 2.24) is 0 Å². The minimum absolute atomic E-state index is 0.0351. The molecule has 1 heterocycles. The van der Waals surface area contributed by atoms with Gasteiger partial charge in [0.2, 0.25) is 16.9 Å². The zero-order valence-electron chi connectivity index (χ0n) is 16.5. The Balaban J connectivity index is 2.41. The molecule has 0 amide bonds. The van der Waals surface area contributed by atoms with Crippen molar-refractivity contribution in [3.05, 3.63) is 28.4 Å². The molecular formula is C20H20O9. The third-order valence-electron chi connectivity index (χ3n) is 4.41. The van der Waals surface area contributed by atoms with Gasteiger partial charge < -0.3 is 38.3 Å². The van der Waals surface area contributed by atoms with Crippen LogP contribution in [0.25, 0.3) is 22.3 Å². The van der Waals surface area contributed by atoms with Crippen LogP contribution in [0.1, 0.15) is 0 Å². The molecule has 0 spiro atoms. The number of hydrogen-bond acceptors (Lipinski definition) is 9. The van der Waals surface area contributed by atoms with Crippen molar-refractivity contribution in [2.75, 3.05) is 35.5 Å². The maximum Gasteiger partial charge on any atom is 0.238 e. The Morgan fingerprint density at radius 2 is 1.34 bits per heavy atom. The molecule has 29 heavy (non-hydrogen) atoms. The SMILES string of the molecule is COc1cc(O)c(-c2oc3cc(OC)c(OC)c(OC)c3c(=O)c2O)cc1OC. The van der Waals surface area contributed by atoms with Gasteiger partial charge in [-0.2, -0.15) is 0 Å². The molecule has 0 bridgehead atoms. The molecule has 0 aliphatic heterocycles. The van der Waals surface area contributed by atoms with E-state index in [1.54, 1.807) is 0 Å². The number of ether oxygens (including phenoxy) is 5. The van der Waals surface area contributed by atoms with Crippen LogP contribution in [-0.2, 0) is 0 Å². The highest BCUT2D eigenvalue weighted by molar-refractivity contribution is 5.92. The summed E-state index contributed by atoms with van der Waals surface area (Å²) in [5, 5.41) is 20.9. The molecule has 1 aromatic heterocycles. The van der Waals surface area contributed by atoms with Crippen LogP contribution in [0.5, 0.6) is 40.2 Å². The molecule has 9 heteroatoms. The first-order valence-electron chi connectivity index (χ1n) is 8.35. The van der Waals surface area contributed by atoms with E-state index in [-0.39, 0.29) is 56.8 Å². The summed E-state index contributed by atoms with van der Waals surface area (Å²) in [6.45, 7) is 0. The van der Waals surface area contributed by atoms with E-state index in [4.69, 9.17) is 28.1 Å². The highest BCUT2D eigenvalue weighted by atomic mass is 16.5. The smallest absolute Gasteiger partial charge is 0.238 e. The number of aromatic hydroxyl groups is 2. The fraction of sp³-hybridized carbons (Fsp3) is 0.250. The lowest BCUT2D eigenvalue weighted by Gasteiger charge is -2.16. The van der Waals surface area contributed by atoms with Gasteiger partial charge in [-0.1, -0.05) is 0 Å². The molecule has 0 atom stereocenters. The summed E-state index contributed by atoms with van der Waals surface area (Å²) in [6, 6.07) is 4.10. The first kappa shape index (κ1) is 20.0. The maximum atomic E-state index is 12.9. The molecule has 3 rings (SSSR count). The van der Waals surface area contributed by atoms with E-state index in [1.807, 2.05) is 0 Å². The molecule has 3 aromatic rings. The average molecular weight is 404 g/mol. The number of phenolic OH excluding ortho intramolecular Hbond substituents is 1. The van der Waals surface area contributed by atoms with E-state index >= 15 is 0 Å². The predicted molar refractivity (Wildman–Crippen MR) is 104 cm³/mol. The van der Waals surface area contributed by atoms with E-state index in [0.29, 0.717) is 0 Å². The number of hydrogen-bond donors (Lipinski definition) is 2. The Bertz CT molecular complexity index is 1130. The van der Waals surface area contributed by atoms with Crippen LogP contribution in [0.4, 0.5) is 0 Å². The first-order chi connectivity index (χ1) is 13.9. The van der Waals surface area contributed by atoms with Crippen molar-refractivity contribution in [2.24, 2.45) is 0 Å². The van der Waals surface area contributed by atoms with Crippen LogP contribution < -0.4 is 29.1 Å². The first-order valence-corrected chi connectivity index (χ1v) is 8.35. The minimum atomic E-state index is -0.770. The lowest BCUT2D eigenvalue weighted by molar-refractivity contribution is 0.326. The Morgan fingerprint density at radius 3 is 1.90 bits per heavy atom. The minimum Gasteiger partial charge on any atom is -0.507 e. The molecule has 0 aliphatic rings. The summed E-state index contributed by atoms with van der Waals surface area (Å²) in [4.78, 5) is 12.9. The summed E-state index contributed by atoms with van der Waals surface area (Å²) in [5.74, 6) is -0.233. The summed E-state index contributed by atoms with van der Waals surface area (Å²) >= 11 is 0. The second-order valence-corrected chi connectivity index (χ2v) is 5.85. The third kappa shape index (κ3) is 3.10. The fourth-order valence-electron chi connectivity index (χ4n) is 3.04. The molecule has 0 saturated carbocycles. The van der Waals surface area contributed by atoms with Crippen LogP contribution in [0.3, 0.4) is 0 Å². The number of fused-ring (bicyclic) bond motifs is 1. The molecule has 2 aromatic carbocycles. The highest BCUT2D eigenvalue weighted by Crippen LogP contribution is 2.46. The molecule has 0 fully saturated rings. The molecule has 154 valence electrons. The summed E-state index contributed by atoms with van der Waals surface area (Å²) in [7, 11) is 6.99. The van der Waals surface area contributed by atoms with Crippen LogP contribution in [0.2, 0.25) is 0 Å². The molecule has 0 aliphatic carbocycles. The molecule has 0 unspecified atom stereocenters. The van der Waals surface area contributed by atoms with Crippen LogP contribution in [0, 0.1) is 0 Å². The quantitative estimate of drug-likeness (QED) is 0.639. The second-order valence-electron chi connectivity index (χ2n) is 5.85. The van der Waals surface area contributed by atoms with Gasteiger partial charge in [-0.25, -0.2) is 0 Å². The zero-order valence-corrected chi connectivity index (χ0v) is 16.5. The standard InChI is InChI=1S/C20H20O9/c1-24-11-6-9(10(21)7-12(11)25-2)18-17(23)16(22)15-13(29-18)8-14(26-3)19(27-4)20(15)28-5/h6-8,21,23H,1-5H3. The second kappa shape index (κ2) is 7.70. The van der Waals surface area contributed by atoms with Crippen LogP contribution in [0.15, 0.2) is 27.4 Å². The van der Waals surface area contributed by atoms with Crippen molar-refractivity contribution in [2.45, 2.75) is 0 Å². The maximum absolute atomic E-state index is 12.9. The lowest BCUT2D eigenvalue weighted by Crippen LogP contribution is -2.06. The Hall–Kier alpha value is -3.75. The monoisotopic (exact) mass is 404 g/mol. The number of rotatable bonds is 6. The van der Waals surface area contributed by atoms with Gasteiger partial charge in [-0.3, -0.25) is 4.79 Å². The zero-order chi connectivity index (χ0) is 21.3. The highest BCUT2D eigenvalue weighted by Gasteiger charge is 2.26. The van der Waals surface area contributed by atoms with Crippen molar-refractivity contribution < 1.29 is 38.3 Å². The fourth-order valence-corrected chi connectivity index (χ4v) is 3.04. The van der Waals surface area contributed by atoms with Crippen molar-refractivity contribution in [3.63, 3.8) is 0 Å². The van der Waals surface area contributed by atoms with E-state index in [2.05, 4.69) is 0 Å². The largest absolute Gasteiger partial charge is 0.507 e. The van der Waals surface area contributed by atoms with Crippen molar-refractivity contribution in [1.29, 1.82) is 0 Å². The van der Waals surface area contributed by atoms with Gasteiger partial charge in [-0.05, 0) is 6.07 Å². The lowest BCUT2D eigenvalue weighted by atomic mass is 10.1. The van der Waals surface area contributed by atoms with Gasteiger partial charge in [0.25, 0.3) is 0 Å². The van der Waals surface area contributed by atoms with Gasteiger partial charge in [-0.15, -0.1) is 0 Å².